The molecule has 0 radical (unpaired) electrons. The molecule has 3 rings (SSSR count). The molecule has 2 heterocycles. The van der Waals surface area contributed by atoms with Crippen molar-refractivity contribution in [1.82, 2.24) is 9.97 Å². The summed E-state index contributed by atoms with van der Waals surface area (Å²) in [6.07, 6.45) is 3.50. The number of thioether (sulfide) groups is 2. The van der Waals surface area contributed by atoms with Gasteiger partial charge in [0.15, 0.2) is 0 Å². The molecule has 1 N–H and O–H groups in total. The molecule has 0 spiro atoms. The summed E-state index contributed by atoms with van der Waals surface area (Å²) in [6.45, 7) is 5.38. The normalized spacial score (nSPS) is 26.2. The van der Waals surface area contributed by atoms with Gasteiger partial charge in [-0.05, 0) is 26.2 Å². The maximum Gasteiger partial charge on any atom is 0.145 e. The van der Waals surface area contributed by atoms with Crippen LogP contribution in [0.5, 0.6) is 0 Å². The third-order valence-corrected chi connectivity index (χ3v) is 6.82. The van der Waals surface area contributed by atoms with Gasteiger partial charge in [-0.2, -0.15) is 11.8 Å². The van der Waals surface area contributed by atoms with Crippen molar-refractivity contribution in [3.05, 3.63) is 17.1 Å². The Morgan fingerprint density at radius 1 is 1.21 bits per heavy atom. The molecule has 2 aliphatic rings. The quantitative estimate of drug-likeness (QED) is 0.926. The Kier molecular flexibility index (Phi) is 4.22. The number of rotatable bonds is 3. The first-order valence-electron chi connectivity index (χ1n) is 7.16. The van der Waals surface area contributed by atoms with Crippen LogP contribution in [-0.2, 0) is 12.8 Å². The predicted octanol–water partition coefficient (Wildman–Crippen LogP) is 3.31. The molecule has 0 aromatic carbocycles. The van der Waals surface area contributed by atoms with Gasteiger partial charge in [-0.15, -0.1) is 11.8 Å². The summed E-state index contributed by atoms with van der Waals surface area (Å²) in [5, 5.41) is 4.51. The van der Waals surface area contributed by atoms with E-state index >= 15 is 0 Å². The molecular weight excluding hydrogens is 274 g/mol. The minimum absolute atomic E-state index is 0.460. The lowest BCUT2D eigenvalue weighted by Crippen LogP contribution is -2.20. The highest BCUT2D eigenvalue weighted by Gasteiger charge is 2.29. The minimum atomic E-state index is 0.460. The zero-order valence-electron chi connectivity index (χ0n) is 11.6. The van der Waals surface area contributed by atoms with Crippen LogP contribution in [0.3, 0.4) is 0 Å². The van der Waals surface area contributed by atoms with E-state index in [1.807, 2.05) is 11.8 Å². The van der Waals surface area contributed by atoms with Crippen LogP contribution in [0.2, 0.25) is 0 Å². The van der Waals surface area contributed by atoms with Crippen molar-refractivity contribution >= 4 is 29.3 Å². The Bertz CT molecular complexity index is 464. The number of fused-ring (bicyclic) bond motifs is 1. The van der Waals surface area contributed by atoms with Crippen LogP contribution < -0.4 is 5.32 Å². The molecule has 3 nitrogen and oxygen atoms in total. The van der Waals surface area contributed by atoms with E-state index in [4.69, 9.17) is 9.97 Å². The average Bonchev–Trinajstić information content (AvgIpc) is 2.88. The van der Waals surface area contributed by atoms with Gasteiger partial charge >= 0.3 is 0 Å². The third kappa shape index (κ3) is 2.72. The summed E-state index contributed by atoms with van der Waals surface area (Å²) in [6, 6.07) is 0. The number of hydrogen-bond acceptors (Lipinski definition) is 5. The summed E-state index contributed by atoms with van der Waals surface area (Å²) in [5.74, 6) is 4.63. The average molecular weight is 295 g/mol. The number of hydrogen-bond donors (Lipinski definition) is 1. The molecule has 1 saturated heterocycles. The van der Waals surface area contributed by atoms with Gasteiger partial charge in [-0.3, -0.25) is 0 Å². The molecule has 1 aliphatic carbocycles. The molecule has 19 heavy (non-hydrogen) atoms. The van der Waals surface area contributed by atoms with Crippen molar-refractivity contribution in [3.63, 3.8) is 0 Å². The summed E-state index contributed by atoms with van der Waals surface area (Å²) in [7, 11) is 0. The van der Waals surface area contributed by atoms with E-state index in [0.29, 0.717) is 10.5 Å². The maximum atomic E-state index is 4.88. The fourth-order valence-electron chi connectivity index (χ4n) is 2.81. The number of aryl methyl sites for hydroxylation is 1. The molecule has 104 valence electrons. The van der Waals surface area contributed by atoms with E-state index in [2.05, 4.69) is 30.9 Å². The molecule has 1 aliphatic heterocycles. The Hall–Kier alpha value is -0.420. The van der Waals surface area contributed by atoms with E-state index in [-0.39, 0.29) is 0 Å². The van der Waals surface area contributed by atoms with Gasteiger partial charge in [0, 0.05) is 34.6 Å². The van der Waals surface area contributed by atoms with Crippen LogP contribution in [0.4, 0.5) is 5.82 Å². The number of anilines is 1. The summed E-state index contributed by atoms with van der Waals surface area (Å²) >= 11 is 4.08. The van der Waals surface area contributed by atoms with Crippen molar-refractivity contribution in [2.45, 2.75) is 43.6 Å². The van der Waals surface area contributed by atoms with Crippen molar-refractivity contribution in [2.75, 3.05) is 23.4 Å². The topological polar surface area (TPSA) is 37.8 Å². The van der Waals surface area contributed by atoms with Gasteiger partial charge in [0.25, 0.3) is 0 Å². The number of nitrogens with one attached hydrogen (secondary N) is 1. The van der Waals surface area contributed by atoms with E-state index in [1.165, 1.54) is 29.2 Å². The van der Waals surface area contributed by atoms with E-state index in [9.17, 15) is 0 Å². The SMILES string of the molecule is CCNc1nc(C2SCCSC2C)nc2c1CCC2. The second kappa shape index (κ2) is 5.92. The van der Waals surface area contributed by atoms with Crippen molar-refractivity contribution < 1.29 is 0 Å². The van der Waals surface area contributed by atoms with Gasteiger partial charge < -0.3 is 5.32 Å². The van der Waals surface area contributed by atoms with Crippen molar-refractivity contribution in [3.8, 4) is 0 Å². The smallest absolute Gasteiger partial charge is 0.145 e. The summed E-state index contributed by atoms with van der Waals surface area (Å²) in [5.41, 5.74) is 2.66. The van der Waals surface area contributed by atoms with Crippen LogP contribution >= 0.6 is 23.5 Å². The van der Waals surface area contributed by atoms with Crippen molar-refractivity contribution in [1.29, 1.82) is 0 Å². The third-order valence-electron chi connectivity index (χ3n) is 3.74. The van der Waals surface area contributed by atoms with E-state index < -0.39 is 0 Å². The van der Waals surface area contributed by atoms with Crippen LogP contribution in [0.1, 0.15) is 42.6 Å². The first-order chi connectivity index (χ1) is 9.29. The van der Waals surface area contributed by atoms with Gasteiger partial charge in [-0.1, -0.05) is 6.92 Å². The van der Waals surface area contributed by atoms with Crippen LogP contribution in [-0.4, -0.2) is 33.3 Å². The zero-order valence-corrected chi connectivity index (χ0v) is 13.2. The van der Waals surface area contributed by atoms with Gasteiger partial charge in [0.2, 0.25) is 0 Å². The van der Waals surface area contributed by atoms with Crippen LogP contribution in [0.25, 0.3) is 0 Å². The molecule has 1 aromatic heterocycles. The number of aromatic nitrogens is 2. The molecular formula is C14H21N3S2. The fourth-order valence-corrected chi connectivity index (χ4v) is 5.50. The van der Waals surface area contributed by atoms with E-state index in [1.54, 1.807) is 0 Å². The molecule has 1 fully saturated rings. The highest BCUT2D eigenvalue weighted by Crippen LogP contribution is 2.42. The van der Waals surface area contributed by atoms with Gasteiger partial charge in [0.05, 0.1) is 5.25 Å². The second-order valence-corrected chi connectivity index (χ2v) is 7.84. The van der Waals surface area contributed by atoms with Crippen molar-refractivity contribution in [2.24, 2.45) is 0 Å². The standard InChI is InChI=1S/C14H21N3S2/c1-3-15-13-10-5-4-6-11(10)16-14(17-13)12-9(2)18-7-8-19-12/h9,12H,3-8H2,1-2H3,(H,15,16,17). The lowest BCUT2D eigenvalue weighted by molar-refractivity contribution is 0.806. The monoisotopic (exact) mass is 295 g/mol. The van der Waals surface area contributed by atoms with Gasteiger partial charge in [-0.25, -0.2) is 9.97 Å². The largest absolute Gasteiger partial charge is 0.370 e. The predicted molar refractivity (Wildman–Crippen MR) is 85.3 cm³/mol. The summed E-state index contributed by atoms with van der Waals surface area (Å²) in [4.78, 5) is 9.74. The molecule has 0 amide bonds. The maximum absolute atomic E-state index is 4.88. The molecule has 0 bridgehead atoms. The molecule has 2 unspecified atom stereocenters. The Morgan fingerprint density at radius 2 is 2.05 bits per heavy atom. The fraction of sp³-hybridized carbons (Fsp3) is 0.714. The first-order valence-corrected chi connectivity index (χ1v) is 9.26. The number of nitrogens with zero attached hydrogens (tertiary/aromatic N) is 2. The van der Waals surface area contributed by atoms with Crippen LogP contribution in [0, 0.1) is 0 Å². The minimum Gasteiger partial charge on any atom is -0.370 e. The Balaban J connectivity index is 1.95. The molecule has 1 aromatic rings. The zero-order chi connectivity index (χ0) is 13.2. The lowest BCUT2D eigenvalue weighted by Gasteiger charge is -2.27. The second-order valence-electron chi connectivity index (χ2n) is 5.11. The van der Waals surface area contributed by atoms with Crippen LogP contribution in [0.15, 0.2) is 0 Å². The van der Waals surface area contributed by atoms with E-state index in [0.717, 1.165) is 31.0 Å². The summed E-state index contributed by atoms with van der Waals surface area (Å²) < 4.78 is 0. The Morgan fingerprint density at radius 3 is 2.84 bits per heavy atom. The molecule has 2 atom stereocenters. The highest BCUT2D eigenvalue weighted by molar-refractivity contribution is 8.06. The van der Waals surface area contributed by atoms with Gasteiger partial charge in [0.1, 0.15) is 11.6 Å². The molecule has 0 saturated carbocycles. The highest BCUT2D eigenvalue weighted by atomic mass is 32.2. The Labute approximate surface area is 123 Å². The lowest BCUT2D eigenvalue weighted by atomic mass is 10.2. The molecule has 5 heteroatoms. The first kappa shape index (κ1) is 13.6.